The van der Waals surface area contributed by atoms with Gasteiger partial charge in [0.1, 0.15) is 0 Å². The van der Waals surface area contributed by atoms with Crippen molar-refractivity contribution in [2.45, 2.75) is 12.5 Å². The van der Waals surface area contributed by atoms with Gasteiger partial charge in [0.2, 0.25) is 0 Å². The van der Waals surface area contributed by atoms with Crippen molar-refractivity contribution >= 4 is 22.0 Å². The second-order valence-corrected chi connectivity index (χ2v) is 11.3. The SMILES string of the molecule is CN1C(c2ccccn2)=CC(c2ccc(-c3ccc4c5c(cccc35)-c3ccccc3C4)cc2)=CC1C1=CC=CCN1. The van der Waals surface area contributed by atoms with Gasteiger partial charge in [-0.25, -0.2) is 0 Å². The zero-order valence-corrected chi connectivity index (χ0v) is 23.6. The number of pyridine rings is 1. The van der Waals surface area contributed by atoms with Crippen LogP contribution < -0.4 is 5.32 Å². The molecule has 0 bridgehead atoms. The van der Waals surface area contributed by atoms with Crippen LogP contribution in [0.1, 0.15) is 22.4 Å². The van der Waals surface area contributed by atoms with E-state index in [0.29, 0.717) is 0 Å². The van der Waals surface area contributed by atoms with Gasteiger partial charge in [0.15, 0.2) is 0 Å². The molecule has 1 aromatic heterocycles. The van der Waals surface area contributed by atoms with Crippen LogP contribution in [0.25, 0.3) is 44.3 Å². The Bertz CT molecular complexity index is 1960. The molecule has 0 saturated carbocycles. The smallest absolute Gasteiger partial charge is 0.0878 e. The van der Waals surface area contributed by atoms with Crippen molar-refractivity contribution in [1.82, 2.24) is 15.2 Å². The molecule has 8 rings (SSSR count). The van der Waals surface area contributed by atoms with Gasteiger partial charge in [-0.3, -0.25) is 4.98 Å². The lowest BCUT2D eigenvalue weighted by Gasteiger charge is -2.36. The van der Waals surface area contributed by atoms with Crippen molar-refractivity contribution in [3.8, 4) is 22.3 Å². The summed E-state index contributed by atoms with van der Waals surface area (Å²) in [7, 11) is 2.15. The Kier molecular flexibility index (Phi) is 5.89. The summed E-state index contributed by atoms with van der Waals surface area (Å²) in [6.07, 6.45) is 13.9. The number of benzene rings is 4. The quantitative estimate of drug-likeness (QED) is 0.244. The summed E-state index contributed by atoms with van der Waals surface area (Å²) in [5.74, 6) is 0. The average Bonchev–Trinajstić information content (AvgIpc) is 3.06. The second kappa shape index (κ2) is 10.0. The first-order valence-corrected chi connectivity index (χ1v) is 14.7. The van der Waals surface area contributed by atoms with E-state index in [4.69, 9.17) is 4.98 Å². The molecule has 0 saturated heterocycles. The van der Waals surface area contributed by atoms with Crippen LogP contribution in [0.2, 0.25) is 0 Å². The highest BCUT2D eigenvalue weighted by molar-refractivity contribution is 6.08. The van der Waals surface area contributed by atoms with Crippen LogP contribution in [-0.4, -0.2) is 29.5 Å². The first-order chi connectivity index (χ1) is 20.7. The Morgan fingerprint density at radius 3 is 2.43 bits per heavy atom. The van der Waals surface area contributed by atoms with Crippen LogP contribution in [0, 0.1) is 0 Å². The third-order valence-electron chi connectivity index (χ3n) is 8.85. The predicted octanol–water partition coefficient (Wildman–Crippen LogP) is 8.25. The van der Waals surface area contributed by atoms with Crippen molar-refractivity contribution < 1.29 is 0 Å². The van der Waals surface area contributed by atoms with E-state index in [-0.39, 0.29) is 6.04 Å². The Hall–Kier alpha value is -5.15. The molecule has 2 aliphatic heterocycles. The van der Waals surface area contributed by atoms with Crippen LogP contribution in [-0.2, 0) is 6.42 Å². The maximum atomic E-state index is 4.69. The summed E-state index contributed by atoms with van der Waals surface area (Å²) in [6, 6.07) is 35.5. The number of hydrogen-bond donors (Lipinski definition) is 1. The Morgan fingerprint density at radius 2 is 1.60 bits per heavy atom. The van der Waals surface area contributed by atoms with Gasteiger partial charge in [0.25, 0.3) is 0 Å². The molecule has 0 spiro atoms. The number of allylic oxidation sites excluding steroid dienone is 4. The van der Waals surface area contributed by atoms with Gasteiger partial charge in [-0.15, -0.1) is 0 Å². The first kappa shape index (κ1) is 24.6. The van der Waals surface area contributed by atoms with Gasteiger partial charge < -0.3 is 10.2 Å². The van der Waals surface area contributed by atoms with Crippen LogP contribution in [0.15, 0.2) is 139 Å². The number of likely N-dealkylation sites (N-methyl/N-ethyl adjacent to an activating group) is 1. The molecule has 1 aliphatic carbocycles. The summed E-state index contributed by atoms with van der Waals surface area (Å²) >= 11 is 0. The summed E-state index contributed by atoms with van der Waals surface area (Å²) in [5, 5.41) is 6.29. The van der Waals surface area contributed by atoms with Crippen LogP contribution in [0.3, 0.4) is 0 Å². The number of nitrogens with zero attached hydrogens (tertiary/aromatic N) is 2. The minimum atomic E-state index is 0.0926. The van der Waals surface area contributed by atoms with Crippen LogP contribution >= 0.6 is 0 Å². The number of dihydropyridines is 1. The largest absolute Gasteiger partial charge is 0.383 e. The van der Waals surface area contributed by atoms with E-state index in [1.165, 1.54) is 61.0 Å². The van der Waals surface area contributed by atoms with Crippen molar-refractivity contribution in [3.05, 3.63) is 162 Å². The number of nitrogens with one attached hydrogen (secondary N) is 1. The third kappa shape index (κ3) is 4.09. The second-order valence-electron chi connectivity index (χ2n) is 11.3. The maximum Gasteiger partial charge on any atom is 0.0878 e. The van der Waals surface area contributed by atoms with Gasteiger partial charge in [-0.2, -0.15) is 0 Å². The summed E-state index contributed by atoms with van der Waals surface area (Å²) in [5.41, 5.74) is 13.7. The van der Waals surface area contributed by atoms with Crippen LogP contribution in [0.4, 0.5) is 0 Å². The van der Waals surface area contributed by atoms with E-state index in [9.17, 15) is 0 Å². The zero-order valence-electron chi connectivity index (χ0n) is 23.6. The molecule has 3 nitrogen and oxygen atoms in total. The number of hydrogen-bond acceptors (Lipinski definition) is 3. The lowest BCUT2D eigenvalue weighted by atomic mass is 9.81. The van der Waals surface area contributed by atoms with Gasteiger partial charge in [0, 0.05) is 25.5 Å². The molecule has 3 aliphatic rings. The highest BCUT2D eigenvalue weighted by Gasteiger charge is 2.26. The fourth-order valence-electron chi connectivity index (χ4n) is 6.74. The van der Waals surface area contributed by atoms with Crippen LogP contribution in [0.5, 0.6) is 0 Å². The highest BCUT2D eigenvalue weighted by Crippen LogP contribution is 2.43. The Labute approximate surface area is 246 Å². The monoisotopic (exact) mass is 541 g/mol. The topological polar surface area (TPSA) is 28.2 Å². The number of aromatic nitrogens is 1. The van der Waals surface area contributed by atoms with Crippen molar-refractivity contribution in [3.63, 3.8) is 0 Å². The molecule has 1 N–H and O–H groups in total. The fraction of sp³-hybridized carbons (Fsp3) is 0.103. The van der Waals surface area contributed by atoms with Gasteiger partial charge in [-0.05, 0) is 92.1 Å². The molecule has 202 valence electrons. The molecular formula is C39H31N3. The lowest BCUT2D eigenvalue weighted by molar-refractivity contribution is 0.426. The lowest BCUT2D eigenvalue weighted by Crippen LogP contribution is -2.38. The molecule has 0 fully saturated rings. The van der Waals surface area contributed by atoms with Crippen molar-refractivity contribution in [1.29, 1.82) is 0 Å². The summed E-state index contributed by atoms with van der Waals surface area (Å²) in [4.78, 5) is 7.00. The molecule has 5 aromatic rings. The molecular weight excluding hydrogens is 510 g/mol. The number of fused-ring (bicyclic) bond motifs is 2. The van der Waals surface area contributed by atoms with E-state index in [2.05, 4.69) is 139 Å². The number of rotatable bonds is 4. The molecule has 1 unspecified atom stereocenters. The first-order valence-electron chi connectivity index (χ1n) is 14.7. The zero-order chi connectivity index (χ0) is 28.0. The Morgan fingerprint density at radius 1 is 0.762 bits per heavy atom. The van der Waals surface area contributed by atoms with E-state index in [0.717, 1.165) is 24.4 Å². The van der Waals surface area contributed by atoms with Gasteiger partial charge >= 0.3 is 0 Å². The predicted molar refractivity (Wildman–Crippen MR) is 175 cm³/mol. The standard InChI is InChI=1S/C39H31N3/c1-42-37(35-13-4-6-21-40-35)24-30(25-38(42)36-14-5-7-22-41-36)26-15-17-27(18-16-26)32-20-19-29-23-28-9-2-3-10-31(28)33-11-8-12-34(32)39(29)33/h2-21,24-25,38,41H,22-23H2,1H3. The van der Waals surface area contributed by atoms with Crippen molar-refractivity contribution in [2.24, 2.45) is 0 Å². The molecule has 3 heteroatoms. The van der Waals surface area contributed by atoms with E-state index < -0.39 is 0 Å². The molecule has 42 heavy (non-hydrogen) atoms. The van der Waals surface area contributed by atoms with Gasteiger partial charge in [-0.1, -0.05) is 97.1 Å². The van der Waals surface area contributed by atoms with Crippen molar-refractivity contribution in [2.75, 3.05) is 13.6 Å². The third-order valence-corrected chi connectivity index (χ3v) is 8.85. The minimum absolute atomic E-state index is 0.0926. The molecule has 4 aromatic carbocycles. The maximum absolute atomic E-state index is 4.69. The summed E-state index contributed by atoms with van der Waals surface area (Å²) in [6.45, 7) is 0.844. The summed E-state index contributed by atoms with van der Waals surface area (Å²) < 4.78 is 0. The van der Waals surface area contributed by atoms with Gasteiger partial charge in [0.05, 0.1) is 17.4 Å². The average molecular weight is 542 g/mol. The molecule has 1 atom stereocenters. The molecule has 3 heterocycles. The fourth-order valence-corrected chi connectivity index (χ4v) is 6.74. The highest BCUT2D eigenvalue weighted by atomic mass is 15.2. The molecule has 0 amide bonds. The van der Waals surface area contributed by atoms with E-state index in [1.54, 1.807) is 0 Å². The van der Waals surface area contributed by atoms with E-state index in [1.807, 2.05) is 12.3 Å². The molecule has 0 radical (unpaired) electrons. The Balaban J connectivity index is 1.20. The normalized spacial score (nSPS) is 17.2. The van der Waals surface area contributed by atoms with E-state index >= 15 is 0 Å². The minimum Gasteiger partial charge on any atom is -0.383 e.